The average molecular weight is 682 g/mol. The van der Waals surface area contributed by atoms with Gasteiger partial charge in [0.2, 0.25) is 0 Å². The van der Waals surface area contributed by atoms with E-state index in [4.69, 9.17) is 25.1 Å². The van der Waals surface area contributed by atoms with Crippen molar-refractivity contribution >= 4 is 17.9 Å². The van der Waals surface area contributed by atoms with Gasteiger partial charge in [0.1, 0.15) is 12.7 Å². The summed E-state index contributed by atoms with van der Waals surface area (Å²) >= 11 is 0. The fourth-order valence-electron chi connectivity index (χ4n) is 5.23. The Hall–Kier alpha value is -1.84. The van der Waals surface area contributed by atoms with E-state index in [1.807, 2.05) is 0 Å². The number of esters is 2. The zero-order valence-electron chi connectivity index (χ0n) is 30.0. The molecule has 0 unspecified atom stereocenters. The highest BCUT2D eigenvalue weighted by Crippen LogP contribution is 2.15. The summed E-state index contributed by atoms with van der Waals surface area (Å²) < 4.78 is 42.5. The second kappa shape index (κ2) is 35.5. The first-order chi connectivity index (χ1) is 22.6. The van der Waals surface area contributed by atoms with Gasteiger partial charge in [0.25, 0.3) is 0 Å². The Bertz CT molecular complexity index is 721. The van der Waals surface area contributed by atoms with Crippen LogP contribution in [0.3, 0.4) is 0 Å². The van der Waals surface area contributed by atoms with Crippen molar-refractivity contribution in [1.29, 1.82) is 0 Å². The van der Waals surface area contributed by atoms with E-state index in [-0.39, 0.29) is 25.1 Å². The number of alkyl halides is 3. The number of hydrogen-bond acceptors (Lipinski definition) is 6. The third-order valence-corrected chi connectivity index (χ3v) is 8.20. The molecule has 3 N–H and O–H groups in total. The van der Waals surface area contributed by atoms with Crippen LogP contribution < -0.4 is 5.73 Å². The molecule has 0 saturated carbocycles. The lowest BCUT2D eigenvalue weighted by Crippen LogP contribution is -2.32. The van der Waals surface area contributed by atoms with E-state index in [2.05, 4.69) is 13.8 Å². The van der Waals surface area contributed by atoms with Crippen LogP contribution in [0.1, 0.15) is 194 Å². The summed E-state index contributed by atoms with van der Waals surface area (Å²) in [5.41, 5.74) is 5.74. The first-order valence-corrected chi connectivity index (χ1v) is 18.9. The first kappa shape index (κ1) is 47.3. The summed E-state index contributed by atoms with van der Waals surface area (Å²) in [5.74, 6) is -3.20. The fourth-order valence-corrected chi connectivity index (χ4v) is 5.23. The van der Waals surface area contributed by atoms with E-state index in [0.29, 0.717) is 12.8 Å². The quantitative estimate of drug-likeness (QED) is 0.0536. The SMILES string of the molecule is CCCCCCCCCCCCCCCC(=O)OC[C@H](CN)OC(=O)CCCCCCCCCCCCCCC.O=C(O)C(F)(F)F. The van der Waals surface area contributed by atoms with Crippen molar-refractivity contribution in [2.24, 2.45) is 5.73 Å². The predicted octanol–water partition coefficient (Wildman–Crippen LogP) is 11.0. The van der Waals surface area contributed by atoms with Crippen LogP contribution >= 0.6 is 0 Å². The topological polar surface area (TPSA) is 116 Å². The molecule has 0 spiro atoms. The summed E-state index contributed by atoms with van der Waals surface area (Å²) in [5, 5.41) is 7.12. The molecule has 0 fully saturated rings. The minimum atomic E-state index is -5.08. The smallest absolute Gasteiger partial charge is 0.475 e. The Labute approximate surface area is 284 Å². The van der Waals surface area contributed by atoms with E-state index in [9.17, 15) is 22.8 Å². The van der Waals surface area contributed by atoms with Gasteiger partial charge in [-0.2, -0.15) is 13.2 Å². The zero-order chi connectivity index (χ0) is 35.4. The molecule has 0 bridgehead atoms. The Morgan fingerprint density at radius 3 is 1.11 bits per heavy atom. The lowest BCUT2D eigenvalue weighted by Gasteiger charge is -2.16. The van der Waals surface area contributed by atoms with Crippen molar-refractivity contribution in [2.75, 3.05) is 13.2 Å². The molecule has 280 valence electrons. The molecule has 0 aromatic carbocycles. The van der Waals surface area contributed by atoms with Gasteiger partial charge in [0.15, 0.2) is 0 Å². The molecule has 0 aliphatic rings. The molecule has 0 aliphatic heterocycles. The number of halogens is 3. The maximum atomic E-state index is 12.1. The Morgan fingerprint density at radius 2 is 0.830 bits per heavy atom. The number of carbonyl (C=O) groups is 3. The van der Waals surface area contributed by atoms with Gasteiger partial charge in [-0.25, -0.2) is 4.79 Å². The maximum Gasteiger partial charge on any atom is 0.490 e. The van der Waals surface area contributed by atoms with E-state index < -0.39 is 18.2 Å². The molecular weight excluding hydrogens is 611 g/mol. The third kappa shape index (κ3) is 38.5. The molecule has 0 rings (SSSR count). The minimum absolute atomic E-state index is 0.0676. The van der Waals surface area contributed by atoms with Crippen LogP contribution in [0.4, 0.5) is 13.2 Å². The average Bonchev–Trinajstić information content (AvgIpc) is 3.03. The highest BCUT2D eigenvalue weighted by molar-refractivity contribution is 5.73. The molecule has 0 heterocycles. The van der Waals surface area contributed by atoms with Gasteiger partial charge in [0, 0.05) is 19.4 Å². The number of carboxylic acids is 1. The molecule has 0 radical (unpaired) electrons. The number of carboxylic acid groups (broad SMARTS) is 1. The van der Waals surface area contributed by atoms with E-state index in [1.165, 1.54) is 141 Å². The summed E-state index contributed by atoms with van der Waals surface area (Å²) in [7, 11) is 0. The molecule has 0 saturated heterocycles. The lowest BCUT2D eigenvalue weighted by molar-refractivity contribution is -0.192. The molecule has 0 aromatic rings. The van der Waals surface area contributed by atoms with E-state index >= 15 is 0 Å². The van der Waals surface area contributed by atoms with E-state index in [1.54, 1.807) is 0 Å². The molecule has 47 heavy (non-hydrogen) atoms. The van der Waals surface area contributed by atoms with Crippen LogP contribution in [-0.2, 0) is 23.9 Å². The number of unbranched alkanes of at least 4 members (excludes halogenated alkanes) is 24. The Balaban J connectivity index is 0. The van der Waals surface area contributed by atoms with Gasteiger partial charge in [-0.3, -0.25) is 9.59 Å². The standard InChI is InChI=1S/C35H69NO4.C2HF3O2/c1-3-5-7-9-11-13-15-17-19-21-23-25-27-29-34(37)39-32-33(31-36)40-35(38)30-28-26-24-22-20-18-16-14-12-10-8-6-4-2;3-2(4,5)1(6)7/h33H,3-32,36H2,1-2H3;(H,6,7)/t33-;/m0./s1. The van der Waals surface area contributed by atoms with Crippen LogP contribution in [0.25, 0.3) is 0 Å². The van der Waals surface area contributed by atoms with Crippen molar-refractivity contribution in [1.82, 2.24) is 0 Å². The largest absolute Gasteiger partial charge is 0.490 e. The van der Waals surface area contributed by atoms with Crippen LogP contribution in [0, 0.1) is 0 Å². The van der Waals surface area contributed by atoms with E-state index in [0.717, 1.165) is 25.7 Å². The molecular formula is C37H70F3NO6. The number of carbonyl (C=O) groups excluding carboxylic acids is 2. The van der Waals surface area contributed by atoms with Crippen LogP contribution in [0.5, 0.6) is 0 Å². The summed E-state index contributed by atoms with van der Waals surface area (Å²) in [6, 6.07) is 0. The zero-order valence-corrected chi connectivity index (χ0v) is 30.0. The third-order valence-electron chi connectivity index (χ3n) is 8.20. The van der Waals surface area contributed by atoms with Gasteiger partial charge in [0.05, 0.1) is 0 Å². The molecule has 0 aliphatic carbocycles. The molecule has 7 nitrogen and oxygen atoms in total. The lowest BCUT2D eigenvalue weighted by atomic mass is 10.0. The van der Waals surface area contributed by atoms with Crippen molar-refractivity contribution in [3.63, 3.8) is 0 Å². The number of nitrogens with two attached hydrogens (primary N) is 1. The second-order valence-electron chi connectivity index (χ2n) is 12.8. The van der Waals surface area contributed by atoms with Gasteiger partial charge < -0.3 is 20.3 Å². The first-order valence-electron chi connectivity index (χ1n) is 18.9. The highest BCUT2D eigenvalue weighted by atomic mass is 19.4. The van der Waals surface area contributed by atoms with Gasteiger partial charge in [-0.15, -0.1) is 0 Å². The van der Waals surface area contributed by atoms with Crippen molar-refractivity contribution < 1.29 is 42.1 Å². The predicted molar refractivity (Wildman–Crippen MR) is 184 cm³/mol. The second-order valence-corrected chi connectivity index (χ2v) is 12.8. The van der Waals surface area contributed by atoms with Gasteiger partial charge in [-0.05, 0) is 12.8 Å². The normalized spacial score (nSPS) is 11.9. The summed E-state index contributed by atoms with van der Waals surface area (Å²) in [4.78, 5) is 33.1. The van der Waals surface area contributed by atoms with Gasteiger partial charge in [-0.1, -0.05) is 168 Å². The molecule has 1 atom stereocenters. The van der Waals surface area contributed by atoms with Crippen molar-refractivity contribution in [2.45, 2.75) is 206 Å². The van der Waals surface area contributed by atoms with Crippen molar-refractivity contribution in [3.8, 4) is 0 Å². The number of aliphatic carboxylic acids is 1. The molecule has 10 heteroatoms. The van der Waals surface area contributed by atoms with Crippen LogP contribution in [-0.4, -0.2) is 48.4 Å². The summed E-state index contributed by atoms with van der Waals surface area (Å²) in [6.07, 6.45) is 28.5. The highest BCUT2D eigenvalue weighted by Gasteiger charge is 2.38. The van der Waals surface area contributed by atoms with Gasteiger partial charge >= 0.3 is 24.1 Å². The maximum absolute atomic E-state index is 12.1. The molecule has 0 amide bonds. The van der Waals surface area contributed by atoms with Crippen molar-refractivity contribution in [3.05, 3.63) is 0 Å². The Morgan fingerprint density at radius 1 is 0.553 bits per heavy atom. The number of rotatable bonds is 32. The van der Waals surface area contributed by atoms with Crippen LogP contribution in [0.15, 0.2) is 0 Å². The fraction of sp³-hybridized carbons (Fsp3) is 0.919. The number of hydrogen-bond donors (Lipinski definition) is 2. The minimum Gasteiger partial charge on any atom is -0.475 e. The molecule has 0 aromatic heterocycles. The number of ether oxygens (including phenoxy) is 2. The van der Waals surface area contributed by atoms with Crippen LogP contribution in [0.2, 0.25) is 0 Å². The summed E-state index contributed by atoms with van der Waals surface area (Å²) in [6.45, 7) is 4.77. The monoisotopic (exact) mass is 682 g/mol. The Kier molecular flexibility index (Phi) is 35.7.